The summed E-state index contributed by atoms with van der Waals surface area (Å²) in [6.07, 6.45) is 5.10. The minimum atomic E-state index is -0.345. The number of amides is 2. The first-order chi connectivity index (χ1) is 13.6. The molecule has 1 atom stereocenters. The molecule has 0 radical (unpaired) electrons. The number of anilines is 1. The average Bonchev–Trinajstić information content (AvgIpc) is 3.40. The van der Waals surface area contributed by atoms with Crippen molar-refractivity contribution in [1.82, 2.24) is 15.0 Å². The molecule has 1 aliphatic carbocycles. The third-order valence-electron chi connectivity index (χ3n) is 5.24. The molecule has 1 saturated heterocycles. The Morgan fingerprint density at radius 1 is 1.36 bits per heavy atom. The Morgan fingerprint density at radius 2 is 2.21 bits per heavy atom. The number of carbonyl (C=O) groups excluding carboxylic acids is 1. The molecule has 2 aromatic rings. The molecule has 2 heterocycles. The van der Waals surface area contributed by atoms with Crippen LogP contribution < -0.4 is 5.32 Å². The Bertz CT molecular complexity index is 837. The van der Waals surface area contributed by atoms with Crippen LogP contribution >= 0.6 is 0 Å². The number of nitrogens with one attached hydrogen (secondary N) is 1. The summed E-state index contributed by atoms with van der Waals surface area (Å²) >= 11 is 0. The molecule has 1 aromatic carbocycles. The molecule has 1 aliphatic heterocycles. The topological polar surface area (TPSA) is 80.5 Å². The van der Waals surface area contributed by atoms with Gasteiger partial charge in [0, 0.05) is 12.2 Å². The normalized spacial score (nSPS) is 19.6. The number of nitrogens with zero attached hydrogens (tertiary/aromatic N) is 3. The zero-order valence-electron chi connectivity index (χ0n) is 16.0. The second kappa shape index (κ2) is 8.26. The van der Waals surface area contributed by atoms with E-state index in [0.717, 1.165) is 25.9 Å². The van der Waals surface area contributed by atoms with Crippen LogP contribution in [0.5, 0.6) is 0 Å². The predicted molar refractivity (Wildman–Crippen MR) is 100 cm³/mol. The van der Waals surface area contributed by atoms with Crippen molar-refractivity contribution >= 4 is 11.7 Å². The van der Waals surface area contributed by atoms with Crippen molar-refractivity contribution in [3.05, 3.63) is 41.3 Å². The van der Waals surface area contributed by atoms with E-state index in [2.05, 4.69) is 15.5 Å². The van der Waals surface area contributed by atoms with Crippen LogP contribution in [0.4, 0.5) is 14.9 Å². The van der Waals surface area contributed by atoms with Gasteiger partial charge in [0.1, 0.15) is 12.4 Å². The molecule has 4 rings (SSSR count). The van der Waals surface area contributed by atoms with Crippen molar-refractivity contribution in [2.45, 2.75) is 51.7 Å². The lowest BCUT2D eigenvalue weighted by Crippen LogP contribution is -2.41. The highest BCUT2D eigenvalue weighted by Crippen LogP contribution is 2.31. The number of ether oxygens (including phenoxy) is 1. The van der Waals surface area contributed by atoms with Gasteiger partial charge in [0.15, 0.2) is 5.82 Å². The van der Waals surface area contributed by atoms with Crippen LogP contribution in [0.2, 0.25) is 0 Å². The molecule has 7 nitrogen and oxygen atoms in total. The highest BCUT2D eigenvalue weighted by atomic mass is 19.1. The van der Waals surface area contributed by atoms with Gasteiger partial charge in [0.05, 0.1) is 12.6 Å². The summed E-state index contributed by atoms with van der Waals surface area (Å²) in [7, 11) is 0. The standard InChI is InChI=1S/C20H25FN4O3/c1-13-5-8-15(10-16(13)21)22-20(26)25-9-3-2-4-17(25)19-23-18(28-24-19)12-27-11-14-6-7-14/h5,8,10,14,17H,2-4,6-7,9,11-12H2,1H3,(H,22,26). The summed E-state index contributed by atoms with van der Waals surface area (Å²) in [5.41, 5.74) is 0.969. The van der Waals surface area contributed by atoms with Gasteiger partial charge in [-0.2, -0.15) is 4.98 Å². The number of benzene rings is 1. The van der Waals surface area contributed by atoms with E-state index in [9.17, 15) is 9.18 Å². The van der Waals surface area contributed by atoms with Crippen LogP contribution in [0.1, 0.15) is 55.4 Å². The number of urea groups is 1. The Balaban J connectivity index is 1.41. The molecule has 0 bridgehead atoms. The molecule has 150 valence electrons. The number of aryl methyl sites for hydroxylation is 1. The van der Waals surface area contributed by atoms with Crippen molar-refractivity contribution in [3.8, 4) is 0 Å². The number of hydrogen-bond acceptors (Lipinski definition) is 5. The number of hydrogen-bond donors (Lipinski definition) is 1. The van der Waals surface area contributed by atoms with Gasteiger partial charge in [0.2, 0.25) is 0 Å². The molecule has 28 heavy (non-hydrogen) atoms. The first-order valence-electron chi connectivity index (χ1n) is 9.84. The number of halogens is 1. The monoisotopic (exact) mass is 388 g/mol. The summed E-state index contributed by atoms with van der Waals surface area (Å²) in [4.78, 5) is 18.9. The van der Waals surface area contributed by atoms with Gasteiger partial charge in [-0.05, 0) is 62.6 Å². The maximum absolute atomic E-state index is 13.8. The SMILES string of the molecule is Cc1ccc(NC(=O)N2CCCCC2c2noc(COCC3CC3)n2)cc1F. The van der Waals surface area contributed by atoms with E-state index in [0.29, 0.717) is 42.0 Å². The third-order valence-corrected chi connectivity index (χ3v) is 5.24. The maximum Gasteiger partial charge on any atom is 0.322 e. The lowest BCUT2D eigenvalue weighted by atomic mass is 10.0. The molecule has 1 aromatic heterocycles. The van der Waals surface area contributed by atoms with E-state index in [-0.39, 0.29) is 17.9 Å². The van der Waals surface area contributed by atoms with Crippen LogP contribution in [-0.2, 0) is 11.3 Å². The maximum atomic E-state index is 13.8. The van der Waals surface area contributed by atoms with Crippen molar-refractivity contribution in [2.24, 2.45) is 5.92 Å². The van der Waals surface area contributed by atoms with Gasteiger partial charge < -0.3 is 19.5 Å². The first-order valence-corrected chi connectivity index (χ1v) is 9.84. The molecule has 2 fully saturated rings. The number of rotatable bonds is 6. The molecule has 0 spiro atoms. The molecular formula is C20H25FN4O3. The first kappa shape index (κ1) is 18.9. The largest absolute Gasteiger partial charge is 0.371 e. The Labute approximate surface area is 163 Å². The zero-order chi connectivity index (χ0) is 19.5. The minimum absolute atomic E-state index is 0.259. The third kappa shape index (κ3) is 4.49. The van der Waals surface area contributed by atoms with Crippen LogP contribution in [0.25, 0.3) is 0 Å². The van der Waals surface area contributed by atoms with Gasteiger partial charge in [-0.1, -0.05) is 11.2 Å². The number of aromatic nitrogens is 2. The van der Waals surface area contributed by atoms with E-state index >= 15 is 0 Å². The van der Waals surface area contributed by atoms with E-state index in [4.69, 9.17) is 9.26 Å². The number of carbonyl (C=O) groups is 1. The Hall–Kier alpha value is -2.48. The molecular weight excluding hydrogens is 363 g/mol. The van der Waals surface area contributed by atoms with E-state index in [1.807, 2.05) is 0 Å². The van der Waals surface area contributed by atoms with E-state index in [1.165, 1.54) is 18.9 Å². The number of likely N-dealkylation sites (tertiary alicyclic amines) is 1. The average molecular weight is 388 g/mol. The lowest BCUT2D eigenvalue weighted by molar-refractivity contribution is 0.0894. The summed E-state index contributed by atoms with van der Waals surface area (Å²) < 4.78 is 24.7. The zero-order valence-corrected chi connectivity index (χ0v) is 16.0. The smallest absolute Gasteiger partial charge is 0.322 e. The fraction of sp³-hybridized carbons (Fsp3) is 0.550. The fourth-order valence-electron chi connectivity index (χ4n) is 3.37. The van der Waals surface area contributed by atoms with Crippen molar-refractivity contribution in [2.75, 3.05) is 18.5 Å². The second-order valence-electron chi connectivity index (χ2n) is 7.60. The molecule has 1 N–H and O–H groups in total. The van der Waals surface area contributed by atoms with Crippen molar-refractivity contribution < 1.29 is 18.4 Å². The summed E-state index contributed by atoms with van der Waals surface area (Å²) in [6.45, 7) is 3.30. The number of piperidine rings is 1. The van der Waals surface area contributed by atoms with Gasteiger partial charge in [0.25, 0.3) is 5.89 Å². The molecule has 2 amide bonds. The molecule has 1 unspecified atom stereocenters. The predicted octanol–water partition coefficient (Wildman–Crippen LogP) is 4.20. The van der Waals surface area contributed by atoms with E-state index in [1.54, 1.807) is 24.0 Å². The van der Waals surface area contributed by atoms with Crippen molar-refractivity contribution in [3.63, 3.8) is 0 Å². The van der Waals surface area contributed by atoms with E-state index < -0.39 is 0 Å². The van der Waals surface area contributed by atoms with Gasteiger partial charge in [-0.25, -0.2) is 9.18 Å². The van der Waals surface area contributed by atoms with Gasteiger partial charge in [-0.15, -0.1) is 0 Å². The fourth-order valence-corrected chi connectivity index (χ4v) is 3.37. The summed E-state index contributed by atoms with van der Waals surface area (Å²) in [5, 5.41) is 6.85. The highest BCUT2D eigenvalue weighted by Gasteiger charge is 2.32. The van der Waals surface area contributed by atoms with Crippen LogP contribution in [0.3, 0.4) is 0 Å². The van der Waals surface area contributed by atoms with Gasteiger partial charge in [-0.3, -0.25) is 0 Å². The highest BCUT2D eigenvalue weighted by molar-refractivity contribution is 5.89. The summed E-state index contributed by atoms with van der Waals surface area (Å²) in [5.74, 6) is 1.26. The molecule has 2 aliphatic rings. The van der Waals surface area contributed by atoms with Gasteiger partial charge >= 0.3 is 6.03 Å². The second-order valence-corrected chi connectivity index (χ2v) is 7.60. The van der Waals surface area contributed by atoms with Crippen LogP contribution in [0.15, 0.2) is 22.7 Å². The Kier molecular flexibility index (Phi) is 5.57. The minimum Gasteiger partial charge on any atom is -0.371 e. The molecule has 1 saturated carbocycles. The lowest BCUT2D eigenvalue weighted by Gasteiger charge is -2.33. The van der Waals surface area contributed by atoms with Crippen LogP contribution in [-0.4, -0.2) is 34.2 Å². The summed E-state index contributed by atoms with van der Waals surface area (Å²) in [6, 6.07) is 4.12. The quantitative estimate of drug-likeness (QED) is 0.802. The molecule has 8 heteroatoms. The van der Waals surface area contributed by atoms with Crippen molar-refractivity contribution in [1.29, 1.82) is 0 Å². The Morgan fingerprint density at radius 3 is 3.00 bits per heavy atom. The van der Waals surface area contributed by atoms with Crippen LogP contribution in [0, 0.1) is 18.7 Å².